The van der Waals surface area contributed by atoms with Crippen LogP contribution in [0.25, 0.3) is 11.3 Å². The summed E-state index contributed by atoms with van der Waals surface area (Å²) in [6.45, 7) is 0.282. The van der Waals surface area contributed by atoms with Gasteiger partial charge in [-0.3, -0.25) is 14.4 Å². The highest BCUT2D eigenvalue weighted by molar-refractivity contribution is 6.37. The number of fused-ring (bicyclic) bond motifs is 1. The summed E-state index contributed by atoms with van der Waals surface area (Å²) < 4.78 is 18.7. The van der Waals surface area contributed by atoms with Crippen molar-refractivity contribution >= 4 is 46.1 Å². The Kier molecular flexibility index (Phi) is 7.87. The summed E-state index contributed by atoms with van der Waals surface area (Å²) >= 11 is 0. The van der Waals surface area contributed by atoms with Crippen LogP contribution in [-0.4, -0.2) is 57.5 Å². The minimum Gasteiger partial charge on any atom is -0.469 e. The summed E-state index contributed by atoms with van der Waals surface area (Å²) in [5.41, 5.74) is 4.54. The number of benzene rings is 3. The lowest BCUT2D eigenvalue weighted by Crippen LogP contribution is -2.34. The molecule has 9 heteroatoms. The minimum absolute atomic E-state index is 0.0487. The summed E-state index contributed by atoms with van der Waals surface area (Å²) in [6, 6.07) is 18.6. The molecule has 0 unspecified atom stereocenters. The van der Waals surface area contributed by atoms with Crippen molar-refractivity contribution in [1.82, 2.24) is 4.90 Å². The zero-order valence-electron chi connectivity index (χ0n) is 21.7. The number of anilines is 3. The lowest BCUT2D eigenvalue weighted by molar-refractivity contribution is -0.139. The molecule has 0 bridgehead atoms. The van der Waals surface area contributed by atoms with E-state index in [4.69, 9.17) is 4.74 Å². The van der Waals surface area contributed by atoms with Gasteiger partial charge in [0.1, 0.15) is 5.82 Å². The first kappa shape index (κ1) is 26.6. The summed E-state index contributed by atoms with van der Waals surface area (Å²) in [5, 5.41) is 6.08. The van der Waals surface area contributed by atoms with Gasteiger partial charge in [0.25, 0.3) is 5.91 Å². The molecule has 0 saturated carbocycles. The number of amides is 2. The maximum Gasteiger partial charge on any atom is 0.309 e. The molecule has 0 spiro atoms. The van der Waals surface area contributed by atoms with E-state index >= 15 is 0 Å². The average molecular weight is 517 g/mol. The third-order valence-corrected chi connectivity index (χ3v) is 6.12. The highest BCUT2D eigenvalue weighted by Gasteiger charge is 2.29. The molecule has 8 nitrogen and oxygen atoms in total. The Morgan fingerprint density at radius 2 is 1.74 bits per heavy atom. The van der Waals surface area contributed by atoms with E-state index in [1.807, 2.05) is 50.5 Å². The van der Waals surface area contributed by atoms with Crippen LogP contribution in [0, 0.1) is 5.82 Å². The van der Waals surface area contributed by atoms with E-state index in [1.54, 1.807) is 35.0 Å². The van der Waals surface area contributed by atoms with E-state index in [9.17, 15) is 18.8 Å². The number of methoxy groups -OCH3 is 1. The van der Waals surface area contributed by atoms with Crippen molar-refractivity contribution in [3.8, 4) is 0 Å². The molecule has 0 aliphatic carbocycles. The average Bonchev–Trinajstić information content (AvgIpc) is 3.21. The van der Waals surface area contributed by atoms with Crippen molar-refractivity contribution in [2.75, 3.05) is 50.3 Å². The lowest BCUT2D eigenvalue weighted by atomic mass is 9.98. The van der Waals surface area contributed by atoms with Crippen LogP contribution in [0.2, 0.25) is 0 Å². The smallest absolute Gasteiger partial charge is 0.309 e. The quantitative estimate of drug-likeness (QED) is 0.348. The number of carbonyl (C=O) groups excluding carboxylic acids is 3. The van der Waals surface area contributed by atoms with Crippen LogP contribution in [0.1, 0.15) is 16.7 Å². The number of nitrogens with one attached hydrogen (secondary N) is 2. The zero-order valence-corrected chi connectivity index (χ0v) is 21.7. The number of carbonyl (C=O) groups is 3. The van der Waals surface area contributed by atoms with Crippen LogP contribution < -0.4 is 15.5 Å². The normalized spacial score (nSPS) is 13.6. The molecule has 3 aromatic rings. The van der Waals surface area contributed by atoms with Gasteiger partial charge < -0.3 is 25.2 Å². The number of hydrogen-bond acceptors (Lipinski definition) is 6. The topological polar surface area (TPSA) is 91.0 Å². The van der Waals surface area contributed by atoms with Crippen LogP contribution >= 0.6 is 0 Å². The largest absolute Gasteiger partial charge is 0.469 e. The third kappa shape index (κ3) is 5.90. The van der Waals surface area contributed by atoms with Gasteiger partial charge in [0.05, 0.1) is 37.0 Å². The number of nitrogens with zero attached hydrogens (tertiary/aromatic N) is 2. The van der Waals surface area contributed by atoms with Crippen LogP contribution in [0.4, 0.5) is 21.5 Å². The molecule has 38 heavy (non-hydrogen) atoms. The van der Waals surface area contributed by atoms with Gasteiger partial charge in [0, 0.05) is 24.0 Å². The van der Waals surface area contributed by atoms with Gasteiger partial charge in [0.2, 0.25) is 5.91 Å². The standard InChI is InChI=1S/C29H29FN4O4/c1-33(2)17-25(35)34(3)22-11-9-21(10-12-22)31-28(19-7-5-6-18(14-19)15-26(36)38-4)27-23-13-8-20(30)16-24(23)32-29(27)37/h5-14,16,31H,15,17H2,1-4H3,(H,32,37)/b28-27-. The molecular weight excluding hydrogens is 487 g/mol. The highest BCUT2D eigenvalue weighted by Crippen LogP contribution is 2.38. The van der Waals surface area contributed by atoms with Gasteiger partial charge in [0.15, 0.2) is 0 Å². The minimum atomic E-state index is -0.455. The number of likely N-dealkylation sites (N-methyl/N-ethyl adjacent to an activating group) is 2. The van der Waals surface area contributed by atoms with Crippen molar-refractivity contribution in [2.45, 2.75) is 6.42 Å². The van der Waals surface area contributed by atoms with Crippen molar-refractivity contribution in [3.63, 3.8) is 0 Å². The molecule has 0 radical (unpaired) electrons. The number of esters is 1. The predicted molar refractivity (Wildman–Crippen MR) is 146 cm³/mol. The molecule has 0 aromatic heterocycles. The van der Waals surface area contributed by atoms with Crippen molar-refractivity contribution < 1.29 is 23.5 Å². The first-order valence-corrected chi connectivity index (χ1v) is 12.0. The summed E-state index contributed by atoms with van der Waals surface area (Å²) in [6.07, 6.45) is 0.0724. The van der Waals surface area contributed by atoms with Crippen LogP contribution in [0.3, 0.4) is 0 Å². The molecule has 1 aliphatic heterocycles. The van der Waals surface area contributed by atoms with Crippen molar-refractivity contribution in [3.05, 3.63) is 89.2 Å². The molecule has 2 amide bonds. The Labute approximate surface area is 220 Å². The maximum atomic E-state index is 13.9. The highest BCUT2D eigenvalue weighted by atomic mass is 19.1. The maximum absolute atomic E-state index is 13.9. The van der Waals surface area contributed by atoms with E-state index in [1.165, 1.54) is 19.2 Å². The number of ether oxygens (including phenoxy) is 1. The summed E-state index contributed by atoms with van der Waals surface area (Å²) in [4.78, 5) is 40.8. The second kappa shape index (κ2) is 11.3. The van der Waals surface area contributed by atoms with Crippen molar-refractivity contribution in [1.29, 1.82) is 0 Å². The van der Waals surface area contributed by atoms with E-state index in [0.29, 0.717) is 39.3 Å². The first-order valence-electron chi connectivity index (χ1n) is 12.0. The monoisotopic (exact) mass is 516 g/mol. The fourth-order valence-electron chi connectivity index (χ4n) is 4.18. The summed E-state index contributed by atoms with van der Waals surface area (Å²) in [5.74, 6) is -1.26. The van der Waals surface area contributed by atoms with E-state index < -0.39 is 5.82 Å². The van der Waals surface area contributed by atoms with Gasteiger partial charge in [-0.25, -0.2) is 4.39 Å². The first-order chi connectivity index (χ1) is 18.2. The fourth-order valence-corrected chi connectivity index (χ4v) is 4.18. The zero-order chi connectivity index (χ0) is 27.4. The van der Waals surface area contributed by atoms with E-state index in [2.05, 4.69) is 10.6 Å². The van der Waals surface area contributed by atoms with Gasteiger partial charge in [-0.2, -0.15) is 0 Å². The second-order valence-electron chi connectivity index (χ2n) is 9.21. The molecule has 1 aliphatic rings. The Morgan fingerprint density at radius 1 is 1.00 bits per heavy atom. The van der Waals surface area contributed by atoms with Gasteiger partial charge >= 0.3 is 5.97 Å². The fraction of sp³-hybridized carbons (Fsp3) is 0.207. The number of halogens is 1. The SMILES string of the molecule is COC(=O)Cc1cccc(/C(Nc2ccc(N(C)C(=O)CN(C)C)cc2)=C2/C(=O)Nc3cc(F)ccc32)c1. The van der Waals surface area contributed by atoms with Gasteiger partial charge in [-0.1, -0.05) is 18.2 Å². The van der Waals surface area contributed by atoms with Crippen molar-refractivity contribution in [2.24, 2.45) is 0 Å². The van der Waals surface area contributed by atoms with Crippen LogP contribution in [0.5, 0.6) is 0 Å². The molecule has 3 aromatic carbocycles. The molecular formula is C29H29FN4O4. The van der Waals surface area contributed by atoms with E-state index in [-0.39, 0.29) is 30.7 Å². The van der Waals surface area contributed by atoms with E-state index in [0.717, 1.165) is 5.69 Å². The molecule has 1 heterocycles. The van der Waals surface area contributed by atoms with Gasteiger partial charge in [-0.15, -0.1) is 0 Å². The molecule has 2 N–H and O–H groups in total. The third-order valence-electron chi connectivity index (χ3n) is 6.12. The predicted octanol–water partition coefficient (Wildman–Crippen LogP) is 4.00. The molecule has 0 saturated heterocycles. The van der Waals surface area contributed by atoms with Crippen LogP contribution in [0.15, 0.2) is 66.7 Å². The molecule has 196 valence electrons. The Hall–Kier alpha value is -4.50. The number of hydrogen-bond donors (Lipinski definition) is 2. The lowest BCUT2D eigenvalue weighted by Gasteiger charge is -2.20. The Morgan fingerprint density at radius 3 is 2.42 bits per heavy atom. The summed E-state index contributed by atoms with van der Waals surface area (Å²) in [7, 11) is 6.71. The Balaban J connectivity index is 1.74. The van der Waals surface area contributed by atoms with Gasteiger partial charge in [-0.05, 0) is 73.8 Å². The Bertz CT molecular complexity index is 1420. The molecule has 0 fully saturated rings. The number of rotatable bonds is 8. The molecule has 0 atom stereocenters. The van der Waals surface area contributed by atoms with Crippen LogP contribution in [-0.2, 0) is 25.5 Å². The second-order valence-corrected chi connectivity index (χ2v) is 9.21. The molecule has 4 rings (SSSR count).